The van der Waals surface area contributed by atoms with Crippen LogP contribution in [-0.4, -0.2) is 27.1 Å². The number of carbonyl (C=O) groups is 1. The SMILES string of the molecule is C#Cc1cc2nccc([CH2])c2nc1C#C.C#Cc1ccc(NC(=O)c2cn(CCF)c(C)c(C3=CCCCC3)c2=O)cc1F.C=C.[CH2]C.[HH]. The third kappa shape index (κ3) is 9.15. The molecule has 0 unspecified atom stereocenters. The van der Waals surface area contributed by atoms with Gasteiger partial charge in [0.25, 0.3) is 5.91 Å². The number of rotatable bonds is 5. The van der Waals surface area contributed by atoms with Crippen molar-refractivity contribution < 1.29 is 15.0 Å². The average molecular weight is 647 g/mol. The van der Waals surface area contributed by atoms with Gasteiger partial charge >= 0.3 is 0 Å². The second-order valence-corrected chi connectivity index (χ2v) is 9.99. The Bertz CT molecular complexity index is 2000. The van der Waals surface area contributed by atoms with Gasteiger partial charge in [0.05, 0.1) is 28.7 Å². The predicted molar refractivity (Wildman–Crippen MR) is 194 cm³/mol. The maximum absolute atomic E-state index is 13.9. The lowest BCUT2D eigenvalue weighted by atomic mass is 9.91. The number of benzene rings is 1. The van der Waals surface area contributed by atoms with Gasteiger partial charge in [0, 0.05) is 30.8 Å². The van der Waals surface area contributed by atoms with E-state index in [1.165, 1.54) is 18.3 Å². The predicted octanol–water partition coefficient (Wildman–Crippen LogP) is 8.12. The number of fused-ring (bicyclic) bond motifs is 1. The number of aromatic nitrogens is 3. The zero-order valence-electron chi connectivity index (χ0n) is 27.3. The fourth-order valence-corrected chi connectivity index (χ4v) is 4.93. The Hall–Kier alpha value is -5.78. The maximum atomic E-state index is 13.9. The largest absolute Gasteiger partial charge is 0.347 e. The van der Waals surface area contributed by atoms with Gasteiger partial charge < -0.3 is 9.88 Å². The third-order valence-corrected chi connectivity index (χ3v) is 7.20. The Kier molecular flexibility index (Phi) is 15.2. The fourth-order valence-electron chi connectivity index (χ4n) is 4.93. The second-order valence-electron chi connectivity index (χ2n) is 9.99. The Labute approximate surface area is 283 Å². The third-order valence-electron chi connectivity index (χ3n) is 7.20. The van der Waals surface area contributed by atoms with Gasteiger partial charge in [0.1, 0.15) is 23.7 Å². The molecule has 0 atom stereocenters. The van der Waals surface area contributed by atoms with Crippen LogP contribution in [0.3, 0.4) is 0 Å². The van der Waals surface area contributed by atoms with Crippen molar-refractivity contribution in [1.29, 1.82) is 0 Å². The van der Waals surface area contributed by atoms with Gasteiger partial charge in [-0.3, -0.25) is 14.6 Å². The summed E-state index contributed by atoms with van der Waals surface area (Å²) in [5.74, 6) is 5.84. The summed E-state index contributed by atoms with van der Waals surface area (Å²) < 4.78 is 28.5. The number of carbonyl (C=O) groups excluding carboxylic acids is 1. The highest BCUT2D eigenvalue weighted by molar-refractivity contribution is 6.04. The number of hydrogen-bond acceptors (Lipinski definition) is 4. The van der Waals surface area contributed by atoms with E-state index < -0.39 is 23.8 Å². The number of aryl methyl sites for hydroxylation is 1. The Balaban J connectivity index is 0.000000505. The van der Waals surface area contributed by atoms with Crippen LogP contribution in [0.15, 0.2) is 66.8 Å². The van der Waals surface area contributed by atoms with Gasteiger partial charge in [-0.25, -0.2) is 13.8 Å². The molecule has 0 bridgehead atoms. The van der Waals surface area contributed by atoms with Crippen LogP contribution in [0.25, 0.3) is 16.6 Å². The topological polar surface area (TPSA) is 76.9 Å². The van der Waals surface area contributed by atoms with Crippen LogP contribution in [0.2, 0.25) is 0 Å². The molecule has 246 valence electrons. The molecule has 48 heavy (non-hydrogen) atoms. The van der Waals surface area contributed by atoms with Crippen LogP contribution >= 0.6 is 0 Å². The van der Waals surface area contributed by atoms with E-state index in [1.807, 2.05) is 6.08 Å². The quantitative estimate of drug-likeness (QED) is 0.176. The van der Waals surface area contributed by atoms with Crippen molar-refractivity contribution in [2.24, 2.45) is 0 Å². The van der Waals surface area contributed by atoms with Gasteiger partial charge in [0.15, 0.2) is 0 Å². The van der Waals surface area contributed by atoms with E-state index in [0.717, 1.165) is 48.4 Å². The van der Waals surface area contributed by atoms with Gasteiger partial charge in [-0.05, 0) is 86.9 Å². The molecule has 8 heteroatoms. The summed E-state index contributed by atoms with van der Waals surface area (Å²) >= 11 is 0. The zero-order chi connectivity index (χ0) is 35.8. The van der Waals surface area contributed by atoms with Crippen LogP contribution in [0.4, 0.5) is 14.5 Å². The van der Waals surface area contributed by atoms with E-state index in [0.29, 0.717) is 28.0 Å². The van der Waals surface area contributed by atoms with Crippen LogP contribution in [-0.2, 0) is 6.54 Å². The summed E-state index contributed by atoms with van der Waals surface area (Å²) in [5, 5.41) is 2.54. The first-order chi connectivity index (χ1) is 23.2. The van der Waals surface area contributed by atoms with Crippen molar-refractivity contribution in [2.45, 2.75) is 46.1 Å². The minimum absolute atomic E-state index is 0. The first-order valence-corrected chi connectivity index (χ1v) is 15.0. The van der Waals surface area contributed by atoms with Gasteiger partial charge in [0.2, 0.25) is 5.43 Å². The number of hydrogen-bond donors (Lipinski definition) is 1. The Morgan fingerprint density at radius 3 is 2.38 bits per heavy atom. The molecule has 1 aliphatic rings. The van der Waals surface area contributed by atoms with Crippen molar-refractivity contribution in [3.05, 3.63) is 131 Å². The van der Waals surface area contributed by atoms with Crippen molar-refractivity contribution in [3.63, 3.8) is 0 Å². The molecular weight excluding hydrogens is 606 g/mol. The van der Waals surface area contributed by atoms with E-state index in [9.17, 15) is 18.4 Å². The van der Waals surface area contributed by atoms with Crippen molar-refractivity contribution in [2.75, 3.05) is 12.0 Å². The number of allylic oxidation sites excluding steroid dienone is 2. The Morgan fingerprint density at radius 1 is 1.08 bits per heavy atom. The number of halogens is 2. The summed E-state index contributed by atoms with van der Waals surface area (Å²) in [5.41, 5.74) is 5.00. The fraction of sp³-hybridized carbons (Fsp3) is 0.200. The first kappa shape index (κ1) is 38.4. The number of anilines is 1. The highest BCUT2D eigenvalue weighted by atomic mass is 19.1. The lowest BCUT2D eigenvalue weighted by Crippen LogP contribution is -2.28. The molecule has 3 heterocycles. The van der Waals surface area contributed by atoms with Gasteiger partial charge in [-0.1, -0.05) is 31.8 Å². The van der Waals surface area contributed by atoms with Crippen molar-refractivity contribution >= 4 is 28.2 Å². The average Bonchev–Trinajstić information content (AvgIpc) is 3.11. The molecular formula is C40H40F2N4O2. The lowest BCUT2D eigenvalue weighted by molar-refractivity contribution is 0.102. The molecule has 1 amide bonds. The van der Waals surface area contributed by atoms with E-state index in [2.05, 4.69) is 60.1 Å². The number of nitrogens with zero attached hydrogens (tertiary/aromatic N) is 3. The first-order valence-electron chi connectivity index (χ1n) is 15.0. The zero-order valence-corrected chi connectivity index (χ0v) is 27.3. The molecule has 1 aliphatic carbocycles. The van der Waals surface area contributed by atoms with Crippen LogP contribution < -0.4 is 10.7 Å². The number of pyridine rings is 3. The summed E-state index contributed by atoms with van der Waals surface area (Å²) in [7, 11) is 0. The molecule has 5 rings (SSSR count). The van der Waals surface area contributed by atoms with E-state index in [-0.39, 0.29) is 24.8 Å². The molecule has 1 aromatic carbocycles. The normalized spacial score (nSPS) is 11.4. The molecule has 2 radical (unpaired) electrons. The molecule has 0 aliphatic heterocycles. The van der Waals surface area contributed by atoms with Crippen LogP contribution in [0, 0.1) is 63.6 Å². The van der Waals surface area contributed by atoms with E-state index in [1.54, 1.807) is 36.7 Å². The lowest BCUT2D eigenvalue weighted by Gasteiger charge is -2.19. The minimum atomic E-state index is -0.673. The van der Waals surface area contributed by atoms with Gasteiger partial charge in [-0.15, -0.1) is 32.4 Å². The molecule has 6 nitrogen and oxygen atoms in total. The van der Waals surface area contributed by atoms with E-state index >= 15 is 0 Å². The molecule has 0 saturated carbocycles. The summed E-state index contributed by atoms with van der Waals surface area (Å²) in [4.78, 5) is 34.4. The standard InChI is InChI=1S/C23H22F2N2O2.C13H7N2.C2H5.C2H4.H2/c1-3-16-9-10-18(13-20(16)25)26-23(29)19-14-27(12-11-24)15(2)21(22(19)28)17-7-5-4-6-8-17;1-4-10-8-12-13(15-11(10)5-2)9(3)6-7-14-12;2*1-2;/h1,7,9-10,13-14H,4-6,8,11-12H2,2H3,(H,26,29);1-2,6-8H,3H2;1H2,2H3;1-2H2;1H. The van der Waals surface area contributed by atoms with Crippen molar-refractivity contribution in [3.8, 4) is 37.0 Å². The van der Waals surface area contributed by atoms with E-state index in [4.69, 9.17) is 19.3 Å². The van der Waals surface area contributed by atoms with Gasteiger partial charge in [-0.2, -0.15) is 0 Å². The summed E-state index contributed by atoms with van der Waals surface area (Å²) in [6.07, 6.45) is 24.5. The molecule has 0 fully saturated rings. The maximum Gasteiger partial charge on any atom is 0.261 e. The van der Waals surface area contributed by atoms with Crippen LogP contribution in [0.5, 0.6) is 0 Å². The molecule has 0 saturated heterocycles. The molecule has 0 spiro atoms. The monoisotopic (exact) mass is 646 g/mol. The van der Waals surface area contributed by atoms with Crippen molar-refractivity contribution in [1.82, 2.24) is 14.5 Å². The Morgan fingerprint density at radius 2 is 1.79 bits per heavy atom. The minimum Gasteiger partial charge on any atom is -0.347 e. The summed E-state index contributed by atoms with van der Waals surface area (Å²) in [6, 6.07) is 7.48. The van der Waals surface area contributed by atoms with Crippen LogP contribution in [0.1, 0.15) is 78.0 Å². The second kappa shape index (κ2) is 19.0. The number of nitrogens with one attached hydrogen (secondary N) is 1. The number of alkyl halides is 1. The highest BCUT2D eigenvalue weighted by Crippen LogP contribution is 2.27. The smallest absolute Gasteiger partial charge is 0.261 e. The highest BCUT2D eigenvalue weighted by Gasteiger charge is 2.21. The number of amides is 1. The molecule has 1 N–H and O–H groups in total. The molecule has 3 aromatic heterocycles. The number of terminal acetylenes is 3. The molecule has 4 aromatic rings. The summed E-state index contributed by atoms with van der Waals surface area (Å²) in [6.45, 7) is 16.0.